The van der Waals surface area contributed by atoms with E-state index in [0.29, 0.717) is 18.3 Å². The molecule has 0 aliphatic heterocycles. The van der Waals surface area contributed by atoms with Gasteiger partial charge in [0.2, 0.25) is 0 Å². The molecule has 8 heteroatoms. The number of imidazole rings is 1. The molecule has 1 atom stereocenters. The Balaban J connectivity index is 1.61. The second-order valence-electron chi connectivity index (χ2n) is 9.38. The average molecular weight is 431 g/mol. The molecule has 1 amide bonds. The van der Waals surface area contributed by atoms with Crippen LogP contribution in [0.4, 0.5) is 4.79 Å². The largest absolute Gasteiger partial charge is 0.465 e. The van der Waals surface area contributed by atoms with Crippen molar-refractivity contribution in [3.63, 3.8) is 0 Å². The minimum absolute atomic E-state index is 0.247. The Morgan fingerprint density at radius 1 is 1.30 bits per heavy atom. The molecule has 0 unspecified atom stereocenters. The minimum Gasteiger partial charge on any atom is -0.465 e. The topological polar surface area (TPSA) is 91.5 Å². The van der Waals surface area contributed by atoms with E-state index in [1.165, 1.54) is 0 Å². The fourth-order valence-electron chi connectivity index (χ4n) is 4.64. The Morgan fingerprint density at radius 2 is 2.00 bits per heavy atom. The zero-order valence-corrected chi connectivity index (χ0v) is 18.8. The van der Waals surface area contributed by atoms with Gasteiger partial charge in [-0.25, -0.2) is 9.78 Å². The highest BCUT2D eigenvalue weighted by Gasteiger charge is 2.32. The number of carbonyl (C=O) groups is 1. The molecular formula is C22H30N4O3S. The molecule has 0 radical (unpaired) electrons. The standard InChI is InChI=1S/C22H30N4O3S/c1-13(27)20-24-17-11-23-16-9-10-30-19(16)18(17)26(20)15-7-5-14(6-8-15)12-25(21(28)29)22(2,3)4/h9-11,13-15,27H,5-8,12H2,1-4H3,(H,28,29)/t13-,14?,15?/m1/s1. The molecule has 0 saturated heterocycles. The van der Waals surface area contributed by atoms with Crippen molar-refractivity contribution in [1.82, 2.24) is 19.4 Å². The van der Waals surface area contributed by atoms with Gasteiger partial charge in [0.05, 0.1) is 21.9 Å². The lowest BCUT2D eigenvalue weighted by atomic mass is 9.84. The van der Waals surface area contributed by atoms with Gasteiger partial charge in [-0.05, 0) is 70.7 Å². The van der Waals surface area contributed by atoms with Gasteiger partial charge in [-0.3, -0.25) is 4.98 Å². The Kier molecular flexibility index (Phi) is 5.48. The van der Waals surface area contributed by atoms with Gasteiger partial charge >= 0.3 is 6.09 Å². The van der Waals surface area contributed by atoms with E-state index in [0.717, 1.165) is 46.9 Å². The van der Waals surface area contributed by atoms with Gasteiger partial charge in [0.15, 0.2) is 0 Å². The number of aromatic nitrogens is 3. The van der Waals surface area contributed by atoms with Crippen LogP contribution >= 0.6 is 11.3 Å². The first-order chi connectivity index (χ1) is 14.2. The third kappa shape index (κ3) is 3.78. The van der Waals surface area contributed by atoms with Crippen molar-refractivity contribution in [1.29, 1.82) is 0 Å². The molecular weight excluding hydrogens is 400 g/mol. The predicted molar refractivity (Wildman–Crippen MR) is 119 cm³/mol. The summed E-state index contributed by atoms with van der Waals surface area (Å²) in [6.45, 7) is 8.16. The number of carboxylic acid groups (broad SMARTS) is 1. The van der Waals surface area contributed by atoms with E-state index in [1.54, 1.807) is 29.4 Å². The fraction of sp³-hybridized carbons (Fsp3) is 0.591. The summed E-state index contributed by atoms with van der Waals surface area (Å²) in [4.78, 5) is 22.5. The Hall–Kier alpha value is -2.19. The summed E-state index contributed by atoms with van der Waals surface area (Å²) in [5.41, 5.74) is 2.45. The molecule has 3 aromatic heterocycles. The van der Waals surface area contributed by atoms with E-state index in [2.05, 4.69) is 9.55 Å². The number of fused-ring (bicyclic) bond motifs is 3. The van der Waals surface area contributed by atoms with Crippen LogP contribution < -0.4 is 0 Å². The van der Waals surface area contributed by atoms with Crippen LogP contribution in [0, 0.1) is 5.92 Å². The van der Waals surface area contributed by atoms with Crippen molar-refractivity contribution < 1.29 is 15.0 Å². The second-order valence-corrected chi connectivity index (χ2v) is 10.3. The first kappa shape index (κ1) is 21.1. The Morgan fingerprint density at radius 3 is 2.60 bits per heavy atom. The number of rotatable bonds is 4. The number of hydrogen-bond acceptors (Lipinski definition) is 5. The van der Waals surface area contributed by atoms with Gasteiger partial charge in [0.25, 0.3) is 0 Å². The SMILES string of the molecule is C[C@@H](O)c1nc2cnc3ccsc3c2n1C1CCC(CN(C(=O)O)C(C)(C)C)CC1. The molecule has 3 aromatic rings. The van der Waals surface area contributed by atoms with Crippen LogP contribution in [0.1, 0.15) is 71.3 Å². The van der Waals surface area contributed by atoms with E-state index in [9.17, 15) is 15.0 Å². The number of amides is 1. The van der Waals surface area contributed by atoms with Gasteiger partial charge in [-0.2, -0.15) is 0 Å². The lowest BCUT2D eigenvalue weighted by molar-refractivity contribution is 0.0798. The molecule has 0 aromatic carbocycles. The number of aliphatic hydroxyl groups is 1. The molecule has 30 heavy (non-hydrogen) atoms. The first-order valence-electron chi connectivity index (χ1n) is 10.6. The first-order valence-corrected chi connectivity index (χ1v) is 11.5. The molecule has 1 saturated carbocycles. The molecule has 0 spiro atoms. The monoisotopic (exact) mass is 430 g/mol. The van der Waals surface area contributed by atoms with Crippen LogP contribution in [0.25, 0.3) is 21.3 Å². The minimum atomic E-state index is -0.853. The average Bonchev–Trinajstić information content (AvgIpc) is 3.29. The molecule has 1 fully saturated rings. The molecule has 7 nitrogen and oxygen atoms in total. The van der Waals surface area contributed by atoms with Crippen LogP contribution in [-0.4, -0.2) is 47.8 Å². The highest BCUT2D eigenvalue weighted by molar-refractivity contribution is 7.18. The maximum absolute atomic E-state index is 11.7. The Bertz CT molecular complexity index is 1060. The van der Waals surface area contributed by atoms with Gasteiger partial charge in [0, 0.05) is 18.1 Å². The lowest BCUT2D eigenvalue weighted by Gasteiger charge is -2.38. The van der Waals surface area contributed by atoms with E-state index in [4.69, 9.17) is 4.98 Å². The van der Waals surface area contributed by atoms with Gasteiger partial charge in [0.1, 0.15) is 17.4 Å². The molecule has 4 rings (SSSR count). The number of hydrogen-bond donors (Lipinski definition) is 2. The number of aliphatic hydroxyl groups excluding tert-OH is 1. The molecule has 2 N–H and O–H groups in total. The second kappa shape index (κ2) is 7.81. The van der Waals surface area contributed by atoms with Crippen LogP contribution in [-0.2, 0) is 0 Å². The normalized spacial score (nSPS) is 21.2. The number of nitrogens with zero attached hydrogens (tertiary/aromatic N) is 4. The maximum Gasteiger partial charge on any atom is 0.407 e. The summed E-state index contributed by atoms with van der Waals surface area (Å²) >= 11 is 1.66. The zero-order chi connectivity index (χ0) is 21.6. The van der Waals surface area contributed by atoms with Gasteiger partial charge < -0.3 is 19.7 Å². The van der Waals surface area contributed by atoms with E-state index in [1.807, 2.05) is 32.2 Å². The Labute approximate surface area is 180 Å². The van der Waals surface area contributed by atoms with E-state index >= 15 is 0 Å². The highest BCUT2D eigenvalue weighted by atomic mass is 32.1. The molecule has 0 bridgehead atoms. The van der Waals surface area contributed by atoms with Crippen molar-refractivity contribution in [2.45, 2.75) is 71.1 Å². The predicted octanol–water partition coefficient (Wildman–Crippen LogP) is 5.21. The van der Waals surface area contributed by atoms with Crippen LogP contribution in [0.3, 0.4) is 0 Å². The van der Waals surface area contributed by atoms with Crippen molar-refractivity contribution in [3.05, 3.63) is 23.5 Å². The summed E-state index contributed by atoms with van der Waals surface area (Å²) in [6, 6.07) is 2.26. The fourth-order valence-corrected chi connectivity index (χ4v) is 5.53. The maximum atomic E-state index is 11.7. The molecule has 162 valence electrons. The van der Waals surface area contributed by atoms with E-state index < -0.39 is 17.7 Å². The summed E-state index contributed by atoms with van der Waals surface area (Å²) in [6.07, 6.45) is 4.10. The molecule has 1 aliphatic rings. The molecule has 3 heterocycles. The summed E-state index contributed by atoms with van der Waals surface area (Å²) in [7, 11) is 0. The summed E-state index contributed by atoms with van der Waals surface area (Å²) < 4.78 is 3.34. The van der Waals surface area contributed by atoms with Crippen molar-refractivity contribution >= 4 is 38.7 Å². The lowest BCUT2D eigenvalue weighted by Crippen LogP contribution is -2.47. The van der Waals surface area contributed by atoms with E-state index in [-0.39, 0.29) is 6.04 Å². The summed E-state index contributed by atoms with van der Waals surface area (Å²) in [5, 5.41) is 22.1. The zero-order valence-electron chi connectivity index (χ0n) is 18.0. The van der Waals surface area contributed by atoms with Crippen LogP contribution in [0.5, 0.6) is 0 Å². The smallest absolute Gasteiger partial charge is 0.407 e. The van der Waals surface area contributed by atoms with Gasteiger partial charge in [-0.15, -0.1) is 11.3 Å². The highest BCUT2D eigenvalue weighted by Crippen LogP contribution is 2.39. The molecule has 1 aliphatic carbocycles. The van der Waals surface area contributed by atoms with Crippen molar-refractivity contribution in [2.24, 2.45) is 5.92 Å². The third-order valence-corrected chi connectivity index (χ3v) is 7.10. The summed E-state index contributed by atoms with van der Waals surface area (Å²) in [5.74, 6) is 1.04. The quantitative estimate of drug-likeness (QED) is 0.593. The third-order valence-electron chi connectivity index (χ3n) is 6.19. The number of pyridine rings is 1. The van der Waals surface area contributed by atoms with Gasteiger partial charge in [-0.1, -0.05) is 0 Å². The van der Waals surface area contributed by atoms with Crippen LogP contribution in [0.2, 0.25) is 0 Å². The van der Waals surface area contributed by atoms with Crippen molar-refractivity contribution in [2.75, 3.05) is 6.54 Å². The van der Waals surface area contributed by atoms with Crippen LogP contribution in [0.15, 0.2) is 17.6 Å². The van der Waals surface area contributed by atoms with Crippen molar-refractivity contribution in [3.8, 4) is 0 Å². The number of thiophene rings is 1.